The van der Waals surface area contributed by atoms with Gasteiger partial charge in [-0.15, -0.1) is 5.10 Å². The summed E-state index contributed by atoms with van der Waals surface area (Å²) in [6, 6.07) is 14.2. The number of pyridine rings is 1. The molecular formula is C21H20N6. The van der Waals surface area contributed by atoms with Gasteiger partial charge in [0, 0.05) is 17.3 Å². The van der Waals surface area contributed by atoms with Gasteiger partial charge in [-0.2, -0.15) is 10.1 Å². The van der Waals surface area contributed by atoms with Crippen LogP contribution < -0.4 is 10.6 Å². The highest BCUT2D eigenvalue weighted by atomic mass is 15.3. The highest BCUT2D eigenvalue weighted by Gasteiger charge is 2.08. The summed E-state index contributed by atoms with van der Waals surface area (Å²) in [6.07, 6.45) is 3.38. The molecule has 0 spiro atoms. The zero-order valence-electron chi connectivity index (χ0n) is 15.5. The minimum Gasteiger partial charge on any atom is -0.337 e. The highest BCUT2D eigenvalue weighted by Crippen LogP contribution is 2.26. The SMILES string of the molecule is Cc1cc(C)c(Nc2nncc(Nc3cccc4cccnc34)n2)c(C)c1. The fourth-order valence-corrected chi connectivity index (χ4v) is 3.25. The van der Waals surface area contributed by atoms with Crippen molar-refractivity contribution in [2.75, 3.05) is 10.6 Å². The molecule has 27 heavy (non-hydrogen) atoms. The maximum absolute atomic E-state index is 4.55. The number of hydrogen-bond donors (Lipinski definition) is 2. The van der Waals surface area contributed by atoms with E-state index in [1.807, 2.05) is 30.3 Å². The molecule has 0 bridgehead atoms. The van der Waals surface area contributed by atoms with E-state index in [-0.39, 0.29) is 0 Å². The van der Waals surface area contributed by atoms with E-state index in [4.69, 9.17) is 0 Å². The maximum atomic E-state index is 4.55. The lowest BCUT2D eigenvalue weighted by Gasteiger charge is -2.13. The molecule has 0 saturated carbocycles. The number of aromatic nitrogens is 4. The van der Waals surface area contributed by atoms with Gasteiger partial charge in [0.1, 0.15) is 0 Å². The van der Waals surface area contributed by atoms with Crippen LogP contribution in [0.1, 0.15) is 16.7 Å². The number of hydrogen-bond acceptors (Lipinski definition) is 6. The van der Waals surface area contributed by atoms with E-state index in [9.17, 15) is 0 Å². The summed E-state index contributed by atoms with van der Waals surface area (Å²) in [4.78, 5) is 9.01. The number of nitrogens with one attached hydrogen (secondary N) is 2. The van der Waals surface area contributed by atoms with Crippen LogP contribution in [0.25, 0.3) is 10.9 Å². The Morgan fingerprint density at radius 2 is 1.67 bits per heavy atom. The molecule has 0 atom stereocenters. The molecule has 2 aromatic carbocycles. The van der Waals surface area contributed by atoms with Crippen LogP contribution in [0.15, 0.2) is 54.9 Å². The summed E-state index contributed by atoms with van der Waals surface area (Å²) in [7, 11) is 0. The molecule has 6 nitrogen and oxygen atoms in total. The normalized spacial score (nSPS) is 10.8. The fourth-order valence-electron chi connectivity index (χ4n) is 3.25. The van der Waals surface area contributed by atoms with Gasteiger partial charge in [-0.1, -0.05) is 35.9 Å². The van der Waals surface area contributed by atoms with E-state index in [1.54, 1.807) is 12.4 Å². The van der Waals surface area contributed by atoms with Crippen LogP contribution in [0.5, 0.6) is 0 Å². The summed E-state index contributed by atoms with van der Waals surface area (Å²) in [5.74, 6) is 1.05. The third-order valence-electron chi connectivity index (χ3n) is 4.37. The molecule has 4 aromatic rings. The molecule has 0 aliphatic heterocycles. The number of aryl methyl sites for hydroxylation is 3. The minimum atomic E-state index is 0.447. The average Bonchev–Trinajstić information content (AvgIpc) is 2.65. The topological polar surface area (TPSA) is 75.6 Å². The van der Waals surface area contributed by atoms with Crippen LogP contribution in [-0.2, 0) is 0 Å². The van der Waals surface area contributed by atoms with Gasteiger partial charge in [-0.05, 0) is 44.0 Å². The van der Waals surface area contributed by atoms with Crippen LogP contribution in [-0.4, -0.2) is 20.2 Å². The molecule has 4 rings (SSSR count). The van der Waals surface area contributed by atoms with Gasteiger partial charge >= 0.3 is 0 Å². The summed E-state index contributed by atoms with van der Waals surface area (Å²) in [5.41, 5.74) is 6.29. The third kappa shape index (κ3) is 3.55. The zero-order chi connectivity index (χ0) is 18.8. The maximum Gasteiger partial charge on any atom is 0.249 e. The van der Waals surface area contributed by atoms with Gasteiger partial charge in [0.15, 0.2) is 5.82 Å². The molecule has 0 amide bonds. The highest BCUT2D eigenvalue weighted by molar-refractivity contribution is 5.91. The summed E-state index contributed by atoms with van der Waals surface area (Å²) < 4.78 is 0. The molecule has 134 valence electrons. The minimum absolute atomic E-state index is 0.447. The smallest absolute Gasteiger partial charge is 0.249 e. The van der Waals surface area contributed by atoms with E-state index in [0.717, 1.165) is 33.4 Å². The summed E-state index contributed by atoms with van der Waals surface area (Å²) in [6.45, 7) is 6.23. The molecule has 0 radical (unpaired) electrons. The quantitative estimate of drug-likeness (QED) is 0.545. The number of fused-ring (bicyclic) bond motifs is 1. The van der Waals surface area contributed by atoms with Crippen molar-refractivity contribution in [3.05, 3.63) is 71.5 Å². The number of anilines is 4. The average molecular weight is 356 g/mol. The van der Waals surface area contributed by atoms with Crippen LogP contribution in [0.2, 0.25) is 0 Å². The lowest BCUT2D eigenvalue weighted by atomic mass is 10.1. The predicted octanol–water partition coefficient (Wildman–Crippen LogP) is 4.83. The fraction of sp³-hybridized carbons (Fsp3) is 0.143. The molecule has 2 aromatic heterocycles. The van der Waals surface area contributed by atoms with E-state index < -0.39 is 0 Å². The Morgan fingerprint density at radius 3 is 2.48 bits per heavy atom. The molecule has 0 unspecified atom stereocenters. The van der Waals surface area contributed by atoms with E-state index >= 15 is 0 Å². The first-order valence-corrected chi connectivity index (χ1v) is 8.75. The van der Waals surface area contributed by atoms with Gasteiger partial charge < -0.3 is 10.6 Å². The Kier molecular flexibility index (Phi) is 4.38. The van der Waals surface area contributed by atoms with Crippen molar-refractivity contribution in [1.29, 1.82) is 0 Å². The van der Waals surface area contributed by atoms with E-state index in [1.165, 1.54) is 5.56 Å². The summed E-state index contributed by atoms with van der Waals surface area (Å²) >= 11 is 0. The second-order valence-electron chi connectivity index (χ2n) is 6.57. The lowest BCUT2D eigenvalue weighted by Crippen LogP contribution is -2.05. The molecule has 6 heteroatoms. The molecule has 2 N–H and O–H groups in total. The van der Waals surface area contributed by atoms with Gasteiger partial charge in [0.2, 0.25) is 5.95 Å². The second kappa shape index (κ2) is 6.99. The number of nitrogens with zero attached hydrogens (tertiary/aromatic N) is 4. The first-order chi connectivity index (χ1) is 13.1. The Balaban J connectivity index is 1.63. The van der Waals surface area contributed by atoms with E-state index in [2.05, 4.69) is 63.7 Å². The monoisotopic (exact) mass is 356 g/mol. The first-order valence-electron chi connectivity index (χ1n) is 8.75. The molecular weight excluding hydrogens is 336 g/mol. The Hall–Kier alpha value is -3.54. The molecule has 2 heterocycles. The summed E-state index contributed by atoms with van der Waals surface area (Å²) in [5, 5.41) is 15.8. The predicted molar refractivity (Wildman–Crippen MR) is 109 cm³/mol. The standard InChI is InChI=1S/C21H20N6/c1-13-10-14(2)19(15(3)11-13)26-21-25-18(12-23-27-21)24-17-8-4-6-16-7-5-9-22-20(16)17/h4-12H,1-3H3,(H2,24,25,26,27). The Morgan fingerprint density at radius 1 is 0.889 bits per heavy atom. The van der Waals surface area contributed by atoms with Crippen molar-refractivity contribution >= 4 is 34.0 Å². The van der Waals surface area contributed by atoms with Crippen LogP contribution >= 0.6 is 0 Å². The Labute approximate surface area is 157 Å². The number of benzene rings is 2. The van der Waals surface area contributed by atoms with Gasteiger partial charge in [0.25, 0.3) is 0 Å². The largest absolute Gasteiger partial charge is 0.337 e. The number of rotatable bonds is 4. The van der Waals surface area contributed by atoms with Crippen molar-refractivity contribution in [2.24, 2.45) is 0 Å². The van der Waals surface area contributed by atoms with Gasteiger partial charge in [0.05, 0.1) is 17.4 Å². The van der Waals surface area contributed by atoms with Crippen molar-refractivity contribution in [1.82, 2.24) is 20.2 Å². The van der Waals surface area contributed by atoms with Crippen molar-refractivity contribution in [3.63, 3.8) is 0 Å². The van der Waals surface area contributed by atoms with Gasteiger partial charge in [-0.25, -0.2) is 0 Å². The van der Waals surface area contributed by atoms with Crippen molar-refractivity contribution in [3.8, 4) is 0 Å². The second-order valence-corrected chi connectivity index (χ2v) is 6.57. The number of para-hydroxylation sites is 1. The van der Waals surface area contributed by atoms with Crippen LogP contribution in [0.3, 0.4) is 0 Å². The molecule has 0 aliphatic carbocycles. The third-order valence-corrected chi connectivity index (χ3v) is 4.37. The lowest BCUT2D eigenvalue weighted by molar-refractivity contribution is 0.981. The molecule has 0 aliphatic rings. The zero-order valence-corrected chi connectivity index (χ0v) is 15.5. The Bertz CT molecular complexity index is 1090. The van der Waals surface area contributed by atoms with Crippen molar-refractivity contribution < 1.29 is 0 Å². The first kappa shape index (κ1) is 16.9. The van der Waals surface area contributed by atoms with Crippen molar-refractivity contribution in [2.45, 2.75) is 20.8 Å². The molecule has 0 fully saturated rings. The van der Waals surface area contributed by atoms with Gasteiger partial charge in [-0.3, -0.25) is 4.98 Å². The van der Waals surface area contributed by atoms with Crippen LogP contribution in [0, 0.1) is 20.8 Å². The van der Waals surface area contributed by atoms with E-state index in [0.29, 0.717) is 11.8 Å². The molecule has 0 saturated heterocycles. The van der Waals surface area contributed by atoms with Crippen LogP contribution in [0.4, 0.5) is 23.1 Å².